The van der Waals surface area contributed by atoms with E-state index >= 15 is 0 Å². The molecule has 100 valence electrons. The Morgan fingerprint density at radius 3 is 2.83 bits per heavy atom. The number of hydrogen-bond acceptors (Lipinski definition) is 3. The standard InChI is InChI=1S/C15H23NO2/c1-15(2,3)7-8-17-11-5-6-12-13(16-4)10-18-14(12)9-11/h5-6,9,13,16H,7-8,10H2,1-4H3. The van der Waals surface area contributed by atoms with Crippen LogP contribution >= 0.6 is 0 Å². The van der Waals surface area contributed by atoms with E-state index in [4.69, 9.17) is 9.47 Å². The van der Waals surface area contributed by atoms with Gasteiger partial charge in [-0.15, -0.1) is 0 Å². The van der Waals surface area contributed by atoms with Gasteiger partial charge in [-0.1, -0.05) is 20.8 Å². The quantitative estimate of drug-likeness (QED) is 0.889. The highest BCUT2D eigenvalue weighted by Crippen LogP contribution is 2.35. The minimum absolute atomic E-state index is 0.309. The van der Waals surface area contributed by atoms with Gasteiger partial charge in [-0.3, -0.25) is 0 Å². The lowest BCUT2D eigenvalue weighted by Crippen LogP contribution is -2.17. The summed E-state index contributed by atoms with van der Waals surface area (Å²) in [7, 11) is 1.96. The molecule has 2 rings (SSSR count). The smallest absolute Gasteiger partial charge is 0.127 e. The molecule has 1 aliphatic rings. The number of rotatable bonds is 4. The Balaban J connectivity index is 1.96. The average Bonchev–Trinajstić information content (AvgIpc) is 2.69. The molecule has 1 aromatic carbocycles. The normalized spacial score (nSPS) is 18.3. The second-order valence-electron chi connectivity index (χ2n) is 6.01. The molecular formula is C15H23NO2. The summed E-state index contributed by atoms with van der Waals surface area (Å²) < 4.78 is 11.4. The van der Waals surface area contributed by atoms with Crippen LogP contribution in [0.4, 0.5) is 0 Å². The molecule has 0 aromatic heterocycles. The van der Waals surface area contributed by atoms with E-state index in [1.807, 2.05) is 19.2 Å². The van der Waals surface area contributed by atoms with Gasteiger partial charge in [0.05, 0.1) is 12.6 Å². The number of likely N-dealkylation sites (N-methyl/N-ethyl adjacent to an activating group) is 1. The van der Waals surface area contributed by atoms with Crippen molar-refractivity contribution in [3.8, 4) is 11.5 Å². The first-order chi connectivity index (χ1) is 8.49. The number of ether oxygens (including phenoxy) is 2. The van der Waals surface area contributed by atoms with Crippen LogP contribution in [0.15, 0.2) is 18.2 Å². The van der Waals surface area contributed by atoms with Crippen LogP contribution in [0.25, 0.3) is 0 Å². The Hall–Kier alpha value is -1.22. The summed E-state index contributed by atoms with van der Waals surface area (Å²) >= 11 is 0. The summed E-state index contributed by atoms with van der Waals surface area (Å²) in [6.45, 7) is 8.12. The molecule has 0 spiro atoms. The highest BCUT2D eigenvalue weighted by Gasteiger charge is 2.22. The van der Waals surface area contributed by atoms with Crippen molar-refractivity contribution < 1.29 is 9.47 Å². The Labute approximate surface area is 109 Å². The van der Waals surface area contributed by atoms with Crippen LogP contribution in [-0.4, -0.2) is 20.3 Å². The molecule has 0 radical (unpaired) electrons. The SMILES string of the molecule is CNC1COc2cc(OCCC(C)(C)C)ccc21. The molecule has 0 aliphatic carbocycles. The van der Waals surface area contributed by atoms with Gasteiger partial charge in [-0.2, -0.15) is 0 Å². The van der Waals surface area contributed by atoms with Crippen LogP contribution in [0.1, 0.15) is 38.8 Å². The molecule has 1 heterocycles. The molecule has 0 bridgehead atoms. The van der Waals surface area contributed by atoms with E-state index in [1.54, 1.807) is 0 Å². The number of hydrogen-bond donors (Lipinski definition) is 1. The summed E-state index contributed by atoms with van der Waals surface area (Å²) in [5, 5.41) is 3.24. The molecule has 1 N–H and O–H groups in total. The van der Waals surface area contributed by atoms with E-state index in [2.05, 4.69) is 32.2 Å². The van der Waals surface area contributed by atoms with Crippen molar-refractivity contribution in [2.75, 3.05) is 20.3 Å². The lowest BCUT2D eigenvalue weighted by molar-refractivity contribution is 0.242. The first kappa shape index (κ1) is 13.2. The maximum atomic E-state index is 5.78. The van der Waals surface area contributed by atoms with Crippen molar-refractivity contribution in [3.63, 3.8) is 0 Å². The predicted molar refractivity (Wildman–Crippen MR) is 73.3 cm³/mol. The Kier molecular flexibility index (Phi) is 3.81. The summed E-state index contributed by atoms with van der Waals surface area (Å²) in [4.78, 5) is 0. The maximum Gasteiger partial charge on any atom is 0.127 e. The Bertz CT molecular complexity index is 409. The third-order valence-electron chi connectivity index (χ3n) is 3.24. The molecule has 1 aliphatic heterocycles. The van der Waals surface area contributed by atoms with Crippen molar-refractivity contribution >= 4 is 0 Å². The number of benzene rings is 1. The van der Waals surface area contributed by atoms with Crippen molar-refractivity contribution in [2.45, 2.75) is 33.2 Å². The average molecular weight is 249 g/mol. The van der Waals surface area contributed by atoms with Crippen LogP contribution in [0.5, 0.6) is 11.5 Å². The molecule has 0 amide bonds. The summed E-state index contributed by atoms with van der Waals surface area (Å²) in [6.07, 6.45) is 1.05. The van der Waals surface area contributed by atoms with Gasteiger partial charge < -0.3 is 14.8 Å². The summed E-state index contributed by atoms with van der Waals surface area (Å²) in [5.41, 5.74) is 1.53. The molecular weight excluding hydrogens is 226 g/mol. The molecule has 0 fully saturated rings. The van der Waals surface area contributed by atoms with Gasteiger partial charge in [0.25, 0.3) is 0 Å². The van der Waals surface area contributed by atoms with Crippen LogP contribution in [0.2, 0.25) is 0 Å². The van der Waals surface area contributed by atoms with E-state index in [0.29, 0.717) is 18.1 Å². The molecule has 1 aromatic rings. The minimum atomic E-state index is 0.309. The number of fused-ring (bicyclic) bond motifs is 1. The van der Waals surface area contributed by atoms with E-state index in [-0.39, 0.29) is 0 Å². The van der Waals surface area contributed by atoms with Gasteiger partial charge in [0.15, 0.2) is 0 Å². The molecule has 1 unspecified atom stereocenters. The highest BCUT2D eigenvalue weighted by molar-refractivity contribution is 5.44. The third-order valence-corrected chi connectivity index (χ3v) is 3.24. The fourth-order valence-corrected chi connectivity index (χ4v) is 1.99. The van der Waals surface area contributed by atoms with Crippen LogP contribution < -0.4 is 14.8 Å². The fraction of sp³-hybridized carbons (Fsp3) is 0.600. The summed E-state index contributed by atoms with van der Waals surface area (Å²) in [5.74, 6) is 1.84. The monoisotopic (exact) mass is 249 g/mol. The molecule has 0 saturated heterocycles. The fourth-order valence-electron chi connectivity index (χ4n) is 1.99. The van der Waals surface area contributed by atoms with Gasteiger partial charge >= 0.3 is 0 Å². The van der Waals surface area contributed by atoms with E-state index in [1.165, 1.54) is 5.56 Å². The van der Waals surface area contributed by atoms with E-state index < -0.39 is 0 Å². The summed E-state index contributed by atoms with van der Waals surface area (Å²) in [6, 6.07) is 6.43. The zero-order valence-electron chi connectivity index (χ0n) is 11.7. The van der Waals surface area contributed by atoms with E-state index in [9.17, 15) is 0 Å². The molecule has 3 heteroatoms. The first-order valence-electron chi connectivity index (χ1n) is 6.56. The molecule has 3 nitrogen and oxygen atoms in total. The molecule has 18 heavy (non-hydrogen) atoms. The van der Waals surface area contributed by atoms with Gasteiger partial charge in [-0.25, -0.2) is 0 Å². The number of nitrogens with one attached hydrogen (secondary N) is 1. The lowest BCUT2D eigenvalue weighted by Gasteiger charge is -2.18. The zero-order chi connectivity index (χ0) is 13.2. The van der Waals surface area contributed by atoms with Crippen LogP contribution in [-0.2, 0) is 0 Å². The van der Waals surface area contributed by atoms with Crippen molar-refractivity contribution in [2.24, 2.45) is 5.41 Å². The van der Waals surface area contributed by atoms with Crippen LogP contribution in [0.3, 0.4) is 0 Å². The van der Waals surface area contributed by atoms with Gasteiger partial charge in [0.1, 0.15) is 18.1 Å². The Morgan fingerprint density at radius 1 is 1.39 bits per heavy atom. The van der Waals surface area contributed by atoms with Crippen molar-refractivity contribution in [3.05, 3.63) is 23.8 Å². The second-order valence-corrected chi connectivity index (χ2v) is 6.01. The van der Waals surface area contributed by atoms with Gasteiger partial charge in [-0.05, 0) is 31.0 Å². The molecule has 0 saturated carbocycles. The van der Waals surface area contributed by atoms with Crippen LogP contribution in [0, 0.1) is 5.41 Å². The largest absolute Gasteiger partial charge is 0.493 e. The second kappa shape index (κ2) is 5.19. The lowest BCUT2D eigenvalue weighted by atomic mass is 9.93. The molecule has 1 atom stereocenters. The predicted octanol–water partition coefficient (Wildman–Crippen LogP) is 3.15. The zero-order valence-corrected chi connectivity index (χ0v) is 11.7. The van der Waals surface area contributed by atoms with Gasteiger partial charge in [0, 0.05) is 11.6 Å². The third kappa shape index (κ3) is 3.16. The topological polar surface area (TPSA) is 30.5 Å². The Morgan fingerprint density at radius 2 is 2.17 bits per heavy atom. The maximum absolute atomic E-state index is 5.78. The van der Waals surface area contributed by atoms with Gasteiger partial charge in [0.2, 0.25) is 0 Å². The van der Waals surface area contributed by atoms with E-state index in [0.717, 1.165) is 24.5 Å². The minimum Gasteiger partial charge on any atom is -0.493 e. The highest BCUT2D eigenvalue weighted by atomic mass is 16.5. The van der Waals surface area contributed by atoms with Crippen molar-refractivity contribution in [1.29, 1.82) is 0 Å². The first-order valence-corrected chi connectivity index (χ1v) is 6.56. The van der Waals surface area contributed by atoms with Crippen molar-refractivity contribution in [1.82, 2.24) is 5.32 Å².